The van der Waals surface area contributed by atoms with Gasteiger partial charge in [0.05, 0.1) is 17.6 Å². The summed E-state index contributed by atoms with van der Waals surface area (Å²) in [5.41, 5.74) is 8.60. The molecule has 0 aliphatic heterocycles. The number of rotatable bonds is 2. The van der Waals surface area contributed by atoms with E-state index in [1.54, 1.807) is 17.6 Å². The quantitative estimate of drug-likeness (QED) is 0.735. The lowest BCUT2D eigenvalue weighted by Crippen LogP contribution is -2.25. The molecule has 0 fully saturated rings. The molecule has 3 rings (SSSR count). The Morgan fingerprint density at radius 1 is 1.24 bits per heavy atom. The van der Waals surface area contributed by atoms with Crippen molar-refractivity contribution in [3.63, 3.8) is 0 Å². The Balaban J connectivity index is 2.20. The van der Waals surface area contributed by atoms with E-state index in [9.17, 15) is 9.18 Å². The summed E-state index contributed by atoms with van der Waals surface area (Å²) in [6.45, 7) is 1.97. The first-order valence-corrected chi connectivity index (χ1v) is 6.56. The van der Waals surface area contributed by atoms with Crippen molar-refractivity contribution >= 4 is 16.7 Å². The van der Waals surface area contributed by atoms with Crippen molar-refractivity contribution in [1.29, 1.82) is 0 Å². The molecule has 0 bridgehead atoms. The molecule has 106 valence electrons. The van der Waals surface area contributed by atoms with E-state index in [0.717, 1.165) is 11.0 Å². The third-order valence-corrected chi connectivity index (χ3v) is 3.45. The number of halogens is 1. The van der Waals surface area contributed by atoms with Crippen LogP contribution in [0.5, 0.6) is 0 Å². The number of aryl methyl sites for hydroxylation is 1. The molecule has 0 aliphatic carbocycles. The van der Waals surface area contributed by atoms with Crippen LogP contribution in [-0.2, 0) is 6.54 Å². The maximum Gasteiger partial charge on any atom is 0.272 e. The van der Waals surface area contributed by atoms with Crippen molar-refractivity contribution in [1.82, 2.24) is 9.55 Å². The number of nitrogens with two attached hydrogens (primary N) is 1. The van der Waals surface area contributed by atoms with Gasteiger partial charge in [0.1, 0.15) is 11.5 Å². The highest BCUT2D eigenvalue weighted by molar-refractivity contribution is 5.74. The van der Waals surface area contributed by atoms with Gasteiger partial charge in [-0.05, 0) is 36.8 Å². The Labute approximate surface area is 120 Å². The molecule has 2 aromatic carbocycles. The van der Waals surface area contributed by atoms with Crippen molar-refractivity contribution in [3.05, 3.63) is 69.9 Å². The average molecular weight is 283 g/mol. The second-order valence-corrected chi connectivity index (χ2v) is 4.92. The summed E-state index contributed by atoms with van der Waals surface area (Å²) in [7, 11) is 0. The normalized spacial score (nSPS) is 11.0. The summed E-state index contributed by atoms with van der Waals surface area (Å²) in [6, 6.07) is 11.6. The summed E-state index contributed by atoms with van der Waals surface area (Å²) in [4.78, 5) is 16.6. The van der Waals surface area contributed by atoms with E-state index in [1.807, 2.05) is 24.3 Å². The second-order valence-electron chi connectivity index (χ2n) is 4.92. The van der Waals surface area contributed by atoms with Gasteiger partial charge in [-0.1, -0.05) is 18.2 Å². The van der Waals surface area contributed by atoms with Gasteiger partial charge < -0.3 is 10.3 Å². The molecule has 21 heavy (non-hydrogen) atoms. The van der Waals surface area contributed by atoms with Crippen LogP contribution < -0.4 is 11.3 Å². The van der Waals surface area contributed by atoms with E-state index in [-0.39, 0.29) is 17.9 Å². The van der Waals surface area contributed by atoms with Gasteiger partial charge >= 0.3 is 0 Å². The molecule has 0 amide bonds. The molecule has 5 heteroatoms. The SMILES string of the molecule is Cc1nc2ccccc2n(Cc2ccc(F)cc2N)c1=O. The second kappa shape index (κ2) is 5.01. The van der Waals surface area contributed by atoms with E-state index in [4.69, 9.17) is 5.73 Å². The van der Waals surface area contributed by atoms with Crippen LogP contribution in [0.4, 0.5) is 10.1 Å². The van der Waals surface area contributed by atoms with Gasteiger partial charge in [-0.3, -0.25) is 4.79 Å². The van der Waals surface area contributed by atoms with Gasteiger partial charge in [0, 0.05) is 5.69 Å². The third-order valence-electron chi connectivity index (χ3n) is 3.45. The lowest BCUT2D eigenvalue weighted by Gasteiger charge is -2.12. The topological polar surface area (TPSA) is 60.9 Å². The molecule has 0 radical (unpaired) electrons. The predicted molar refractivity (Wildman–Crippen MR) is 80.7 cm³/mol. The Morgan fingerprint density at radius 2 is 2.00 bits per heavy atom. The van der Waals surface area contributed by atoms with Crippen LogP contribution in [0.1, 0.15) is 11.3 Å². The number of hydrogen-bond acceptors (Lipinski definition) is 3. The predicted octanol–water partition coefficient (Wildman–Crippen LogP) is 2.47. The molecule has 0 aliphatic rings. The standard InChI is InChI=1S/C16H14FN3O/c1-10-16(21)20(15-5-3-2-4-14(15)19-10)9-11-6-7-12(17)8-13(11)18/h2-8H,9,18H2,1H3. The van der Waals surface area contributed by atoms with E-state index in [0.29, 0.717) is 16.9 Å². The number of hydrogen-bond donors (Lipinski definition) is 1. The molecule has 0 atom stereocenters. The molecule has 0 spiro atoms. The minimum atomic E-state index is -0.389. The maximum atomic E-state index is 13.1. The fourth-order valence-corrected chi connectivity index (χ4v) is 2.36. The molecule has 1 heterocycles. The van der Waals surface area contributed by atoms with Crippen LogP contribution in [0.2, 0.25) is 0 Å². The van der Waals surface area contributed by atoms with E-state index in [1.165, 1.54) is 12.1 Å². The summed E-state index contributed by atoms with van der Waals surface area (Å²) < 4.78 is 14.7. The molecule has 1 aromatic heterocycles. The number of benzene rings is 2. The van der Waals surface area contributed by atoms with Gasteiger partial charge in [-0.15, -0.1) is 0 Å². The lowest BCUT2D eigenvalue weighted by molar-refractivity contribution is 0.627. The molecule has 2 N–H and O–H groups in total. The minimum absolute atomic E-state index is 0.169. The highest BCUT2D eigenvalue weighted by Gasteiger charge is 2.10. The molecular formula is C16H14FN3O. The first-order chi connectivity index (χ1) is 10.1. The Morgan fingerprint density at radius 3 is 2.76 bits per heavy atom. The zero-order valence-corrected chi connectivity index (χ0v) is 11.5. The highest BCUT2D eigenvalue weighted by atomic mass is 19.1. The molecule has 3 aromatic rings. The number of para-hydroxylation sites is 2. The number of nitrogen functional groups attached to an aromatic ring is 1. The smallest absolute Gasteiger partial charge is 0.272 e. The largest absolute Gasteiger partial charge is 0.398 e. The van der Waals surface area contributed by atoms with Gasteiger partial charge in [0.2, 0.25) is 0 Å². The van der Waals surface area contributed by atoms with Crippen LogP contribution >= 0.6 is 0 Å². The average Bonchev–Trinajstić information content (AvgIpc) is 2.46. The van der Waals surface area contributed by atoms with Gasteiger partial charge in [0.25, 0.3) is 5.56 Å². The van der Waals surface area contributed by atoms with Crippen LogP contribution in [0, 0.1) is 12.7 Å². The fourth-order valence-electron chi connectivity index (χ4n) is 2.36. The molecule has 0 unspecified atom stereocenters. The van der Waals surface area contributed by atoms with Crippen molar-refractivity contribution in [3.8, 4) is 0 Å². The van der Waals surface area contributed by atoms with Crippen LogP contribution in [0.15, 0.2) is 47.3 Å². The van der Waals surface area contributed by atoms with Crippen molar-refractivity contribution < 1.29 is 4.39 Å². The van der Waals surface area contributed by atoms with Gasteiger partial charge in [-0.25, -0.2) is 9.37 Å². The number of aromatic nitrogens is 2. The fraction of sp³-hybridized carbons (Fsp3) is 0.125. The van der Waals surface area contributed by atoms with Gasteiger partial charge in [-0.2, -0.15) is 0 Å². The minimum Gasteiger partial charge on any atom is -0.398 e. The van der Waals surface area contributed by atoms with Crippen molar-refractivity contribution in [2.24, 2.45) is 0 Å². The monoisotopic (exact) mass is 283 g/mol. The first-order valence-electron chi connectivity index (χ1n) is 6.56. The van der Waals surface area contributed by atoms with E-state index < -0.39 is 0 Å². The van der Waals surface area contributed by atoms with E-state index in [2.05, 4.69) is 4.98 Å². The Bertz CT molecular complexity index is 886. The maximum absolute atomic E-state index is 13.1. The van der Waals surface area contributed by atoms with Crippen molar-refractivity contribution in [2.75, 3.05) is 5.73 Å². The molecule has 0 saturated carbocycles. The third kappa shape index (κ3) is 2.38. The van der Waals surface area contributed by atoms with Gasteiger partial charge in [0.15, 0.2) is 0 Å². The van der Waals surface area contributed by atoms with Crippen LogP contribution in [0.25, 0.3) is 11.0 Å². The Hall–Kier alpha value is -2.69. The van der Waals surface area contributed by atoms with Crippen LogP contribution in [-0.4, -0.2) is 9.55 Å². The van der Waals surface area contributed by atoms with Crippen LogP contribution in [0.3, 0.4) is 0 Å². The zero-order chi connectivity index (χ0) is 15.0. The van der Waals surface area contributed by atoms with E-state index >= 15 is 0 Å². The first kappa shape index (κ1) is 13.3. The summed E-state index contributed by atoms with van der Waals surface area (Å²) >= 11 is 0. The molecular weight excluding hydrogens is 269 g/mol. The number of anilines is 1. The lowest BCUT2D eigenvalue weighted by atomic mass is 10.1. The molecule has 4 nitrogen and oxygen atoms in total. The Kier molecular flexibility index (Phi) is 3.17. The summed E-state index contributed by atoms with van der Waals surface area (Å²) in [5, 5.41) is 0. The molecule has 0 saturated heterocycles. The number of nitrogens with zero attached hydrogens (tertiary/aromatic N) is 2. The van der Waals surface area contributed by atoms with Crippen molar-refractivity contribution in [2.45, 2.75) is 13.5 Å². The zero-order valence-electron chi connectivity index (χ0n) is 11.5. The highest BCUT2D eigenvalue weighted by Crippen LogP contribution is 2.17. The summed E-state index contributed by atoms with van der Waals surface area (Å²) in [6.07, 6.45) is 0. The number of fused-ring (bicyclic) bond motifs is 1. The summed E-state index contributed by atoms with van der Waals surface area (Å²) in [5.74, 6) is -0.389.